The van der Waals surface area contributed by atoms with Gasteiger partial charge in [-0.25, -0.2) is 4.79 Å². The van der Waals surface area contributed by atoms with Crippen LogP contribution < -0.4 is 10.7 Å². The first-order valence-corrected chi connectivity index (χ1v) is 9.26. The minimum Gasteiger partial charge on any atom is -0.463 e. The van der Waals surface area contributed by atoms with Crippen LogP contribution in [0.25, 0.3) is 17.0 Å². The van der Waals surface area contributed by atoms with Crippen molar-refractivity contribution in [2.75, 3.05) is 11.9 Å². The molecule has 0 atom stereocenters. The third-order valence-corrected chi connectivity index (χ3v) is 4.17. The SMILES string of the molecule is CCCOC(=O)c1cccc(NC(=O)/C=C/c2coc3ccc(C)cc3c2=O)c1. The maximum absolute atomic E-state index is 12.6. The first kappa shape index (κ1) is 20.1. The third kappa shape index (κ3) is 4.99. The summed E-state index contributed by atoms with van der Waals surface area (Å²) in [5, 5.41) is 3.13. The van der Waals surface area contributed by atoms with E-state index in [9.17, 15) is 14.4 Å². The van der Waals surface area contributed by atoms with Gasteiger partial charge in [0.1, 0.15) is 11.8 Å². The van der Waals surface area contributed by atoms with Crippen molar-refractivity contribution < 1.29 is 18.7 Å². The number of aryl methyl sites for hydroxylation is 1. The van der Waals surface area contributed by atoms with Crippen LogP contribution in [0.3, 0.4) is 0 Å². The van der Waals surface area contributed by atoms with Crippen LogP contribution in [0.1, 0.15) is 34.8 Å². The van der Waals surface area contributed by atoms with Crippen LogP contribution in [0.15, 0.2) is 64.0 Å². The number of anilines is 1. The molecule has 29 heavy (non-hydrogen) atoms. The van der Waals surface area contributed by atoms with Gasteiger partial charge < -0.3 is 14.5 Å². The Morgan fingerprint density at radius 1 is 1.17 bits per heavy atom. The first-order valence-electron chi connectivity index (χ1n) is 9.26. The summed E-state index contributed by atoms with van der Waals surface area (Å²) >= 11 is 0. The number of rotatable bonds is 6. The molecule has 2 aromatic carbocycles. The fraction of sp³-hybridized carbons (Fsp3) is 0.174. The summed E-state index contributed by atoms with van der Waals surface area (Å²) in [7, 11) is 0. The second kappa shape index (κ2) is 9.01. The van der Waals surface area contributed by atoms with Crippen LogP contribution in [0.5, 0.6) is 0 Å². The third-order valence-electron chi connectivity index (χ3n) is 4.17. The molecule has 0 spiro atoms. The van der Waals surface area contributed by atoms with E-state index in [2.05, 4.69) is 5.32 Å². The quantitative estimate of drug-likeness (QED) is 0.500. The Bertz CT molecular complexity index is 1140. The van der Waals surface area contributed by atoms with E-state index in [4.69, 9.17) is 9.15 Å². The molecule has 6 nitrogen and oxygen atoms in total. The lowest BCUT2D eigenvalue weighted by Crippen LogP contribution is -2.11. The molecule has 3 aromatic rings. The van der Waals surface area contributed by atoms with Crippen LogP contribution in [0.2, 0.25) is 0 Å². The van der Waals surface area contributed by atoms with E-state index in [0.717, 1.165) is 12.0 Å². The molecule has 6 heteroatoms. The molecule has 148 valence electrons. The van der Waals surface area contributed by atoms with Gasteiger partial charge in [0.05, 0.1) is 23.1 Å². The predicted molar refractivity (Wildman–Crippen MR) is 112 cm³/mol. The number of nitrogens with one attached hydrogen (secondary N) is 1. The lowest BCUT2D eigenvalue weighted by atomic mass is 10.1. The Morgan fingerprint density at radius 3 is 2.79 bits per heavy atom. The standard InChI is InChI=1S/C23H21NO5/c1-3-11-28-23(27)16-5-4-6-18(13-16)24-21(25)10-8-17-14-29-20-9-7-15(2)12-19(20)22(17)26/h4-10,12-14H,3,11H2,1-2H3,(H,24,25)/b10-8+. The van der Waals surface area contributed by atoms with Crippen molar-refractivity contribution in [2.45, 2.75) is 20.3 Å². The minimum absolute atomic E-state index is 0.209. The number of esters is 1. The van der Waals surface area contributed by atoms with Gasteiger partial charge >= 0.3 is 5.97 Å². The van der Waals surface area contributed by atoms with Gasteiger partial charge in [-0.05, 0) is 49.8 Å². The van der Waals surface area contributed by atoms with Crippen molar-refractivity contribution in [1.82, 2.24) is 0 Å². The molecule has 3 rings (SSSR count). The van der Waals surface area contributed by atoms with Crippen molar-refractivity contribution in [2.24, 2.45) is 0 Å². The Morgan fingerprint density at radius 2 is 2.00 bits per heavy atom. The molecule has 1 aromatic heterocycles. The Kier molecular flexibility index (Phi) is 6.24. The summed E-state index contributed by atoms with van der Waals surface area (Å²) < 4.78 is 10.6. The molecule has 1 N–H and O–H groups in total. The van der Waals surface area contributed by atoms with Gasteiger partial charge in [0.25, 0.3) is 0 Å². The van der Waals surface area contributed by atoms with Gasteiger partial charge in [0.15, 0.2) is 5.43 Å². The largest absolute Gasteiger partial charge is 0.463 e. The lowest BCUT2D eigenvalue weighted by Gasteiger charge is -2.06. The van der Waals surface area contributed by atoms with Crippen molar-refractivity contribution in [1.29, 1.82) is 0 Å². The molecular formula is C23H21NO5. The average molecular weight is 391 g/mol. The highest BCUT2D eigenvalue weighted by molar-refractivity contribution is 6.02. The summed E-state index contributed by atoms with van der Waals surface area (Å²) in [6.07, 6.45) is 4.71. The molecule has 1 amide bonds. The summed E-state index contributed by atoms with van der Waals surface area (Å²) in [4.78, 5) is 36.7. The van der Waals surface area contributed by atoms with Gasteiger partial charge in [-0.15, -0.1) is 0 Å². The Hall–Kier alpha value is -3.67. The molecule has 0 unspecified atom stereocenters. The van der Waals surface area contributed by atoms with Gasteiger partial charge in [-0.1, -0.05) is 24.6 Å². The normalized spacial score (nSPS) is 11.0. The zero-order valence-corrected chi connectivity index (χ0v) is 16.2. The van der Waals surface area contributed by atoms with E-state index in [0.29, 0.717) is 28.8 Å². The van der Waals surface area contributed by atoms with E-state index in [1.54, 1.807) is 30.3 Å². The molecule has 0 aliphatic carbocycles. The van der Waals surface area contributed by atoms with Crippen LogP contribution in [-0.2, 0) is 9.53 Å². The van der Waals surface area contributed by atoms with Gasteiger partial charge in [-0.2, -0.15) is 0 Å². The fourth-order valence-electron chi connectivity index (χ4n) is 2.73. The van der Waals surface area contributed by atoms with Gasteiger partial charge in [0, 0.05) is 11.8 Å². The maximum atomic E-state index is 12.6. The molecule has 0 saturated heterocycles. The van der Waals surface area contributed by atoms with Gasteiger partial charge in [-0.3, -0.25) is 9.59 Å². The van der Waals surface area contributed by atoms with E-state index >= 15 is 0 Å². The number of carbonyl (C=O) groups is 2. The molecule has 0 aliphatic rings. The topological polar surface area (TPSA) is 85.6 Å². The average Bonchev–Trinajstić information content (AvgIpc) is 2.72. The summed E-state index contributed by atoms with van der Waals surface area (Å²) in [5.74, 6) is -0.879. The summed E-state index contributed by atoms with van der Waals surface area (Å²) in [6.45, 7) is 4.14. The van der Waals surface area contributed by atoms with Crippen LogP contribution in [0.4, 0.5) is 5.69 Å². The van der Waals surface area contributed by atoms with E-state index in [1.807, 2.05) is 19.9 Å². The zero-order valence-electron chi connectivity index (χ0n) is 16.2. The number of fused-ring (bicyclic) bond motifs is 1. The monoisotopic (exact) mass is 391 g/mol. The van der Waals surface area contributed by atoms with Crippen molar-refractivity contribution in [3.63, 3.8) is 0 Å². The molecule has 0 radical (unpaired) electrons. The lowest BCUT2D eigenvalue weighted by molar-refractivity contribution is -0.111. The molecule has 0 fully saturated rings. The Labute approximate surface area is 167 Å². The van der Waals surface area contributed by atoms with Crippen molar-refractivity contribution >= 4 is 34.6 Å². The van der Waals surface area contributed by atoms with Crippen LogP contribution in [0, 0.1) is 6.92 Å². The summed E-state index contributed by atoms with van der Waals surface area (Å²) in [5.41, 5.74) is 2.31. The minimum atomic E-state index is -0.442. The van der Waals surface area contributed by atoms with E-state index < -0.39 is 11.9 Å². The second-order valence-electron chi connectivity index (χ2n) is 6.56. The molecule has 1 heterocycles. The number of ether oxygens (including phenoxy) is 1. The number of hydrogen-bond acceptors (Lipinski definition) is 5. The zero-order chi connectivity index (χ0) is 20.8. The van der Waals surface area contributed by atoms with Crippen LogP contribution >= 0.6 is 0 Å². The van der Waals surface area contributed by atoms with E-state index in [-0.39, 0.29) is 11.0 Å². The molecule has 0 bridgehead atoms. The summed E-state index contributed by atoms with van der Waals surface area (Å²) in [6, 6.07) is 11.8. The molecule has 0 saturated carbocycles. The number of carbonyl (C=O) groups excluding carboxylic acids is 2. The number of benzene rings is 2. The highest BCUT2D eigenvalue weighted by Crippen LogP contribution is 2.15. The maximum Gasteiger partial charge on any atom is 0.338 e. The Balaban J connectivity index is 1.73. The van der Waals surface area contributed by atoms with Gasteiger partial charge in [0.2, 0.25) is 5.91 Å². The second-order valence-corrected chi connectivity index (χ2v) is 6.56. The molecular weight excluding hydrogens is 370 g/mol. The smallest absolute Gasteiger partial charge is 0.338 e. The highest BCUT2D eigenvalue weighted by atomic mass is 16.5. The predicted octanol–water partition coefficient (Wildman–Crippen LogP) is 4.32. The van der Waals surface area contributed by atoms with Crippen molar-refractivity contribution in [3.05, 3.63) is 81.7 Å². The van der Waals surface area contributed by atoms with Crippen LogP contribution in [-0.4, -0.2) is 18.5 Å². The van der Waals surface area contributed by atoms with E-state index in [1.165, 1.54) is 24.5 Å². The highest BCUT2D eigenvalue weighted by Gasteiger charge is 2.09. The number of hydrogen-bond donors (Lipinski definition) is 1. The number of amides is 1. The molecule has 0 aliphatic heterocycles. The first-order chi connectivity index (χ1) is 14.0. The van der Waals surface area contributed by atoms with Crippen molar-refractivity contribution in [3.8, 4) is 0 Å². The fourth-order valence-corrected chi connectivity index (χ4v) is 2.73.